The van der Waals surface area contributed by atoms with Crippen LogP contribution < -0.4 is 4.72 Å². The lowest BCUT2D eigenvalue weighted by Gasteiger charge is -2.10. The van der Waals surface area contributed by atoms with E-state index < -0.39 is 11.7 Å². The van der Waals surface area contributed by atoms with Crippen molar-refractivity contribution in [1.82, 2.24) is 0 Å². The van der Waals surface area contributed by atoms with Crippen LogP contribution in [-0.2, 0) is 6.18 Å². The van der Waals surface area contributed by atoms with Crippen LogP contribution in [-0.4, -0.2) is 6.26 Å². The number of nitrogens with one attached hydrogen (secondary N) is 1. The molecule has 0 bridgehead atoms. The second-order valence-corrected chi connectivity index (χ2v) is 3.50. The highest BCUT2D eigenvalue weighted by Crippen LogP contribution is 2.32. The largest absolute Gasteiger partial charge is 0.416 e. The van der Waals surface area contributed by atoms with Crippen molar-refractivity contribution in [3.63, 3.8) is 0 Å². The molecule has 14 heavy (non-hydrogen) atoms. The van der Waals surface area contributed by atoms with E-state index >= 15 is 0 Å². The van der Waals surface area contributed by atoms with Gasteiger partial charge in [-0.3, -0.25) is 0 Å². The Morgan fingerprint density at radius 2 is 1.86 bits per heavy atom. The fraction of sp³-hybridized carbons (Fsp3) is 0.333. The van der Waals surface area contributed by atoms with Gasteiger partial charge in [-0.25, -0.2) is 0 Å². The molecule has 0 amide bonds. The SMILES string of the molecule is CSNc1cc(C)cc(C(F)(F)F)c1. The van der Waals surface area contributed by atoms with Crippen LogP contribution in [0.5, 0.6) is 0 Å². The first-order valence-electron chi connectivity index (χ1n) is 3.91. The molecule has 78 valence electrons. The van der Waals surface area contributed by atoms with E-state index in [1.807, 2.05) is 0 Å². The third-order valence-electron chi connectivity index (χ3n) is 1.62. The first-order valence-corrected chi connectivity index (χ1v) is 5.14. The molecule has 0 spiro atoms. The van der Waals surface area contributed by atoms with Gasteiger partial charge in [-0.05, 0) is 30.7 Å². The normalized spacial score (nSPS) is 11.5. The summed E-state index contributed by atoms with van der Waals surface area (Å²) in [5.41, 5.74) is 0.454. The van der Waals surface area contributed by atoms with Gasteiger partial charge in [-0.15, -0.1) is 0 Å². The van der Waals surface area contributed by atoms with E-state index in [1.165, 1.54) is 11.9 Å². The van der Waals surface area contributed by atoms with E-state index in [0.29, 0.717) is 11.3 Å². The molecule has 0 saturated heterocycles. The lowest BCUT2D eigenvalue weighted by atomic mass is 10.1. The summed E-state index contributed by atoms with van der Waals surface area (Å²) in [6.45, 7) is 1.64. The van der Waals surface area contributed by atoms with Crippen molar-refractivity contribution >= 4 is 17.6 Å². The molecule has 0 unspecified atom stereocenters. The molecule has 0 aliphatic heterocycles. The Labute approximate surface area is 84.8 Å². The second kappa shape index (κ2) is 4.13. The van der Waals surface area contributed by atoms with E-state index in [0.717, 1.165) is 12.1 Å². The zero-order chi connectivity index (χ0) is 10.8. The Morgan fingerprint density at radius 1 is 1.21 bits per heavy atom. The van der Waals surface area contributed by atoms with Crippen LogP contribution in [0.2, 0.25) is 0 Å². The molecule has 0 heterocycles. The number of anilines is 1. The molecule has 0 aliphatic rings. The van der Waals surface area contributed by atoms with Crippen LogP contribution in [0, 0.1) is 6.92 Å². The number of aryl methyl sites for hydroxylation is 1. The van der Waals surface area contributed by atoms with Crippen molar-refractivity contribution in [3.05, 3.63) is 29.3 Å². The van der Waals surface area contributed by atoms with Gasteiger partial charge in [0, 0.05) is 11.9 Å². The highest BCUT2D eigenvalue weighted by atomic mass is 32.2. The molecule has 1 nitrogen and oxygen atoms in total. The molecular formula is C9H10F3NS. The van der Waals surface area contributed by atoms with E-state index in [1.54, 1.807) is 19.2 Å². The van der Waals surface area contributed by atoms with Crippen molar-refractivity contribution in [2.24, 2.45) is 0 Å². The standard InChI is InChI=1S/C9H10F3NS/c1-6-3-7(9(10,11)12)5-8(4-6)13-14-2/h3-5,13H,1-2H3. The predicted octanol–water partition coefficient (Wildman–Crippen LogP) is 3.70. The molecule has 1 aromatic carbocycles. The molecule has 1 aromatic rings. The topological polar surface area (TPSA) is 12.0 Å². The predicted molar refractivity (Wildman–Crippen MR) is 53.3 cm³/mol. The van der Waals surface area contributed by atoms with Crippen LogP contribution >= 0.6 is 11.9 Å². The lowest BCUT2D eigenvalue weighted by molar-refractivity contribution is -0.137. The molecule has 1 N–H and O–H groups in total. The van der Waals surface area contributed by atoms with E-state index in [4.69, 9.17) is 0 Å². The van der Waals surface area contributed by atoms with Crippen molar-refractivity contribution in [2.45, 2.75) is 13.1 Å². The molecule has 0 atom stereocenters. The number of halogens is 3. The maximum atomic E-state index is 12.4. The van der Waals surface area contributed by atoms with Crippen LogP contribution in [0.3, 0.4) is 0 Å². The molecule has 0 aromatic heterocycles. The van der Waals surface area contributed by atoms with Gasteiger partial charge in [0.05, 0.1) is 5.56 Å². The van der Waals surface area contributed by atoms with Crippen LogP contribution in [0.4, 0.5) is 18.9 Å². The zero-order valence-electron chi connectivity index (χ0n) is 7.77. The van der Waals surface area contributed by atoms with Gasteiger partial charge >= 0.3 is 6.18 Å². The highest BCUT2D eigenvalue weighted by Gasteiger charge is 2.30. The van der Waals surface area contributed by atoms with Gasteiger partial charge in [0.1, 0.15) is 0 Å². The monoisotopic (exact) mass is 221 g/mol. The summed E-state index contributed by atoms with van der Waals surface area (Å²) >= 11 is 1.27. The van der Waals surface area contributed by atoms with Gasteiger partial charge in [0.25, 0.3) is 0 Å². The summed E-state index contributed by atoms with van der Waals surface area (Å²) in [6, 6.07) is 3.90. The van der Waals surface area contributed by atoms with Gasteiger partial charge in [0.2, 0.25) is 0 Å². The number of hydrogen-bond acceptors (Lipinski definition) is 2. The molecule has 0 fully saturated rings. The van der Waals surface area contributed by atoms with Crippen molar-refractivity contribution in [2.75, 3.05) is 11.0 Å². The number of hydrogen-bond donors (Lipinski definition) is 1. The van der Waals surface area contributed by atoms with Gasteiger partial charge in [-0.2, -0.15) is 13.2 Å². The molecule has 0 aliphatic carbocycles. The van der Waals surface area contributed by atoms with E-state index in [-0.39, 0.29) is 0 Å². The Hall–Kier alpha value is -0.840. The Kier molecular flexibility index (Phi) is 3.31. The van der Waals surface area contributed by atoms with Gasteiger partial charge in [0.15, 0.2) is 0 Å². The Balaban J connectivity index is 3.07. The summed E-state index contributed by atoms with van der Waals surface area (Å²) in [5.74, 6) is 0. The quantitative estimate of drug-likeness (QED) is 0.764. The van der Waals surface area contributed by atoms with Crippen LogP contribution in [0.1, 0.15) is 11.1 Å². The van der Waals surface area contributed by atoms with E-state index in [9.17, 15) is 13.2 Å². The first-order chi connectivity index (χ1) is 6.43. The minimum atomic E-state index is -4.28. The third-order valence-corrected chi connectivity index (χ3v) is 2.06. The zero-order valence-corrected chi connectivity index (χ0v) is 8.59. The second-order valence-electron chi connectivity index (χ2n) is 2.89. The van der Waals surface area contributed by atoms with E-state index in [2.05, 4.69) is 4.72 Å². The molecule has 1 rings (SSSR count). The fourth-order valence-corrected chi connectivity index (χ4v) is 1.48. The summed E-state index contributed by atoms with van der Waals surface area (Å²) in [4.78, 5) is 0. The van der Waals surface area contributed by atoms with Crippen LogP contribution in [0.15, 0.2) is 18.2 Å². The highest BCUT2D eigenvalue weighted by molar-refractivity contribution is 7.99. The van der Waals surface area contributed by atoms with Gasteiger partial charge in [-0.1, -0.05) is 11.9 Å². The number of alkyl halides is 3. The molecule has 0 saturated carbocycles. The maximum Gasteiger partial charge on any atom is 0.416 e. The van der Waals surface area contributed by atoms with Crippen molar-refractivity contribution in [1.29, 1.82) is 0 Å². The first kappa shape index (κ1) is 11.2. The van der Waals surface area contributed by atoms with Crippen molar-refractivity contribution < 1.29 is 13.2 Å². The average Bonchev–Trinajstić information content (AvgIpc) is 2.02. The minimum absolute atomic E-state index is 0.477. The Bertz CT molecular complexity index is 322. The minimum Gasteiger partial charge on any atom is -0.330 e. The van der Waals surface area contributed by atoms with Gasteiger partial charge < -0.3 is 4.72 Å². The molecule has 5 heteroatoms. The number of benzene rings is 1. The average molecular weight is 221 g/mol. The summed E-state index contributed by atoms with van der Waals surface area (Å²) < 4.78 is 39.8. The van der Waals surface area contributed by atoms with Crippen molar-refractivity contribution in [3.8, 4) is 0 Å². The third kappa shape index (κ3) is 2.83. The fourth-order valence-electron chi connectivity index (χ4n) is 1.12. The summed E-state index contributed by atoms with van der Waals surface area (Å²) in [6.07, 6.45) is -2.52. The Morgan fingerprint density at radius 3 is 2.36 bits per heavy atom. The molecule has 0 radical (unpaired) electrons. The lowest BCUT2D eigenvalue weighted by Crippen LogP contribution is -2.05. The smallest absolute Gasteiger partial charge is 0.330 e. The summed E-state index contributed by atoms with van der Waals surface area (Å²) in [5, 5.41) is 0. The van der Waals surface area contributed by atoms with Crippen LogP contribution in [0.25, 0.3) is 0 Å². The molecular weight excluding hydrogens is 211 g/mol. The number of rotatable bonds is 2. The summed E-state index contributed by atoms with van der Waals surface area (Å²) in [7, 11) is 0. The maximum absolute atomic E-state index is 12.4.